The van der Waals surface area contributed by atoms with Gasteiger partial charge in [0.1, 0.15) is 0 Å². The van der Waals surface area contributed by atoms with E-state index < -0.39 is 0 Å². The summed E-state index contributed by atoms with van der Waals surface area (Å²) in [5.41, 5.74) is 2.31. The number of hydrogen-bond acceptors (Lipinski definition) is 5. The Kier molecular flexibility index (Phi) is 3.95. The van der Waals surface area contributed by atoms with Crippen LogP contribution >= 0.6 is 23.4 Å². The van der Waals surface area contributed by atoms with Gasteiger partial charge in [-0.3, -0.25) is 4.79 Å². The number of aromatic amines is 1. The molecular weight excluding hydrogens is 350 g/mol. The van der Waals surface area contributed by atoms with Gasteiger partial charge in [0, 0.05) is 12.1 Å². The molecule has 2 N–H and O–H groups in total. The molecule has 2 heterocycles. The van der Waals surface area contributed by atoms with Crippen LogP contribution < -0.4 is 14.8 Å². The number of aromatic nitrogens is 2. The van der Waals surface area contributed by atoms with E-state index in [1.165, 1.54) is 11.8 Å². The zero-order valence-corrected chi connectivity index (χ0v) is 13.9. The maximum Gasteiger partial charge on any atom is 0.234 e. The van der Waals surface area contributed by atoms with Crippen molar-refractivity contribution in [3.05, 3.63) is 41.4 Å². The molecule has 0 atom stereocenters. The van der Waals surface area contributed by atoms with E-state index >= 15 is 0 Å². The number of rotatable bonds is 4. The predicted molar refractivity (Wildman–Crippen MR) is 93.0 cm³/mol. The quantitative estimate of drug-likeness (QED) is 0.693. The van der Waals surface area contributed by atoms with Crippen LogP contribution in [0.1, 0.15) is 0 Å². The van der Waals surface area contributed by atoms with Crippen molar-refractivity contribution >= 4 is 46.0 Å². The minimum atomic E-state index is -0.179. The number of para-hydroxylation sites is 2. The Morgan fingerprint density at radius 2 is 2.08 bits per heavy atom. The third-order valence-corrected chi connectivity index (χ3v) is 4.63. The summed E-state index contributed by atoms with van der Waals surface area (Å²) in [5.74, 6) is 1.18. The standard InChI is InChI=1S/C16H12ClN3O3S/c17-9-5-13-14(23-8-22-13)6-12(9)18-15(21)7-24-16-19-10-3-1-2-4-11(10)20-16/h1-6H,7-8H2,(H,18,21)(H,19,20). The van der Waals surface area contributed by atoms with Crippen molar-refractivity contribution in [2.75, 3.05) is 17.9 Å². The van der Waals surface area contributed by atoms with Gasteiger partial charge in [-0.25, -0.2) is 4.98 Å². The number of nitrogens with zero attached hydrogens (tertiary/aromatic N) is 1. The van der Waals surface area contributed by atoms with Gasteiger partial charge < -0.3 is 19.8 Å². The highest BCUT2D eigenvalue weighted by atomic mass is 35.5. The van der Waals surface area contributed by atoms with Crippen molar-refractivity contribution in [3.8, 4) is 11.5 Å². The molecule has 0 radical (unpaired) electrons. The van der Waals surface area contributed by atoms with Gasteiger partial charge in [0.05, 0.1) is 27.5 Å². The molecule has 0 bridgehead atoms. The molecule has 0 spiro atoms. The molecule has 6 nitrogen and oxygen atoms in total. The average Bonchev–Trinajstić information content (AvgIpc) is 3.19. The van der Waals surface area contributed by atoms with Gasteiger partial charge in [-0.05, 0) is 12.1 Å². The molecule has 1 aromatic heterocycles. The van der Waals surface area contributed by atoms with E-state index in [9.17, 15) is 4.79 Å². The van der Waals surface area contributed by atoms with Crippen molar-refractivity contribution in [3.63, 3.8) is 0 Å². The first-order chi connectivity index (χ1) is 11.7. The fraction of sp³-hybridized carbons (Fsp3) is 0.125. The highest BCUT2D eigenvalue weighted by Crippen LogP contribution is 2.39. The Labute approximate surface area is 146 Å². The van der Waals surface area contributed by atoms with Gasteiger partial charge in [0.2, 0.25) is 12.7 Å². The molecule has 1 amide bonds. The van der Waals surface area contributed by atoms with Gasteiger partial charge in [0.25, 0.3) is 0 Å². The summed E-state index contributed by atoms with van der Waals surface area (Å²) in [5, 5.41) is 3.88. The molecule has 24 heavy (non-hydrogen) atoms. The maximum atomic E-state index is 12.1. The van der Waals surface area contributed by atoms with Crippen molar-refractivity contribution in [1.29, 1.82) is 0 Å². The van der Waals surface area contributed by atoms with Gasteiger partial charge in [-0.1, -0.05) is 35.5 Å². The molecular formula is C16H12ClN3O3S. The molecule has 0 fully saturated rings. The van der Waals surface area contributed by atoms with Crippen LogP contribution in [0.4, 0.5) is 5.69 Å². The van der Waals surface area contributed by atoms with Gasteiger partial charge in [-0.2, -0.15) is 0 Å². The zero-order valence-electron chi connectivity index (χ0n) is 12.3. The molecule has 1 aliphatic rings. The fourth-order valence-corrected chi connectivity index (χ4v) is 3.22. The van der Waals surface area contributed by atoms with E-state index in [4.69, 9.17) is 21.1 Å². The van der Waals surface area contributed by atoms with Crippen LogP contribution in [0.5, 0.6) is 11.5 Å². The topological polar surface area (TPSA) is 76.2 Å². The number of amides is 1. The van der Waals surface area contributed by atoms with Crippen LogP contribution in [-0.2, 0) is 4.79 Å². The van der Waals surface area contributed by atoms with Gasteiger partial charge in [0.15, 0.2) is 16.7 Å². The Bertz CT molecular complexity index is 895. The van der Waals surface area contributed by atoms with Crippen molar-refractivity contribution in [2.24, 2.45) is 0 Å². The number of imidazole rings is 1. The number of anilines is 1. The number of H-pyrrole nitrogens is 1. The molecule has 3 aromatic rings. The summed E-state index contributed by atoms with van der Waals surface area (Å²) in [6.07, 6.45) is 0. The van der Waals surface area contributed by atoms with Crippen molar-refractivity contribution in [1.82, 2.24) is 9.97 Å². The summed E-state index contributed by atoms with van der Waals surface area (Å²) < 4.78 is 10.5. The van der Waals surface area contributed by atoms with Crippen LogP contribution in [-0.4, -0.2) is 28.4 Å². The highest BCUT2D eigenvalue weighted by Gasteiger charge is 2.18. The second kappa shape index (κ2) is 6.26. The van der Waals surface area contributed by atoms with Crippen molar-refractivity contribution < 1.29 is 14.3 Å². The van der Waals surface area contributed by atoms with Crippen molar-refractivity contribution in [2.45, 2.75) is 5.16 Å². The summed E-state index contributed by atoms with van der Waals surface area (Å²) in [6, 6.07) is 11.0. The largest absolute Gasteiger partial charge is 0.454 e. The second-order valence-electron chi connectivity index (χ2n) is 5.08. The number of fused-ring (bicyclic) bond motifs is 2. The fourth-order valence-electron chi connectivity index (χ4n) is 2.33. The lowest BCUT2D eigenvalue weighted by Crippen LogP contribution is -2.14. The van der Waals surface area contributed by atoms with Crippen LogP contribution in [0, 0.1) is 0 Å². The van der Waals surface area contributed by atoms with E-state index in [1.807, 2.05) is 24.3 Å². The second-order valence-corrected chi connectivity index (χ2v) is 6.45. The van der Waals surface area contributed by atoms with Gasteiger partial charge >= 0.3 is 0 Å². The molecule has 0 saturated carbocycles. The number of carbonyl (C=O) groups excluding carboxylic acids is 1. The Morgan fingerprint density at radius 1 is 1.29 bits per heavy atom. The maximum absolute atomic E-state index is 12.1. The molecule has 1 aliphatic heterocycles. The number of ether oxygens (including phenoxy) is 2. The van der Waals surface area contributed by atoms with E-state index in [-0.39, 0.29) is 18.5 Å². The third-order valence-electron chi connectivity index (χ3n) is 3.44. The molecule has 4 rings (SSSR count). The minimum absolute atomic E-state index is 0.158. The lowest BCUT2D eigenvalue weighted by atomic mass is 10.2. The Balaban J connectivity index is 1.41. The zero-order chi connectivity index (χ0) is 16.5. The molecule has 0 aliphatic carbocycles. The highest BCUT2D eigenvalue weighted by molar-refractivity contribution is 7.99. The number of carbonyl (C=O) groups is 1. The first-order valence-corrected chi connectivity index (χ1v) is 8.52. The monoisotopic (exact) mass is 361 g/mol. The van der Waals surface area contributed by atoms with E-state index in [2.05, 4.69) is 15.3 Å². The first kappa shape index (κ1) is 15.2. The summed E-state index contributed by atoms with van der Waals surface area (Å²) in [6.45, 7) is 0.158. The Morgan fingerprint density at radius 3 is 2.92 bits per heavy atom. The van der Waals surface area contributed by atoms with Crippen LogP contribution in [0.15, 0.2) is 41.6 Å². The van der Waals surface area contributed by atoms with Crippen LogP contribution in [0.3, 0.4) is 0 Å². The van der Waals surface area contributed by atoms with Crippen LogP contribution in [0.25, 0.3) is 11.0 Å². The average molecular weight is 362 g/mol. The lowest BCUT2D eigenvalue weighted by Gasteiger charge is -2.07. The normalized spacial score (nSPS) is 12.5. The number of hydrogen-bond donors (Lipinski definition) is 2. The summed E-state index contributed by atoms with van der Waals surface area (Å²) in [4.78, 5) is 19.7. The minimum Gasteiger partial charge on any atom is -0.454 e. The summed E-state index contributed by atoms with van der Waals surface area (Å²) in [7, 11) is 0. The van der Waals surface area contributed by atoms with Crippen LogP contribution in [0.2, 0.25) is 5.02 Å². The molecule has 0 saturated heterocycles. The van der Waals surface area contributed by atoms with E-state index in [0.29, 0.717) is 27.4 Å². The predicted octanol–water partition coefficient (Wildman–Crippen LogP) is 3.68. The Hall–Kier alpha value is -2.38. The molecule has 2 aromatic carbocycles. The number of benzene rings is 2. The molecule has 0 unspecified atom stereocenters. The van der Waals surface area contributed by atoms with E-state index in [1.54, 1.807) is 12.1 Å². The lowest BCUT2D eigenvalue weighted by molar-refractivity contribution is -0.113. The third kappa shape index (κ3) is 3.00. The summed E-state index contributed by atoms with van der Waals surface area (Å²) >= 11 is 7.47. The smallest absolute Gasteiger partial charge is 0.234 e. The number of halogens is 1. The SMILES string of the molecule is O=C(CSc1nc2ccccc2[nH]1)Nc1cc2c(cc1Cl)OCO2. The number of thioether (sulfide) groups is 1. The number of nitrogens with one attached hydrogen (secondary N) is 2. The van der Waals surface area contributed by atoms with E-state index in [0.717, 1.165) is 11.0 Å². The molecule has 8 heteroatoms. The molecule has 122 valence electrons. The van der Waals surface area contributed by atoms with Gasteiger partial charge in [-0.15, -0.1) is 0 Å². The first-order valence-electron chi connectivity index (χ1n) is 7.15.